The highest BCUT2D eigenvalue weighted by molar-refractivity contribution is 6.33. The zero-order valence-corrected chi connectivity index (χ0v) is 13.6. The largest absolute Gasteiger partial charge is 0.465 e. The van der Waals surface area contributed by atoms with Crippen LogP contribution in [0.3, 0.4) is 0 Å². The molecule has 0 bridgehead atoms. The molecule has 3 rings (SSSR count). The van der Waals surface area contributed by atoms with E-state index in [0.29, 0.717) is 16.3 Å². The lowest BCUT2D eigenvalue weighted by molar-refractivity contribution is 0.0600. The average molecular weight is 347 g/mol. The van der Waals surface area contributed by atoms with E-state index in [4.69, 9.17) is 11.6 Å². The molecule has 1 aromatic carbocycles. The van der Waals surface area contributed by atoms with Gasteiger partial charge in [-0.1, -0.05) is 11.6 Å². The molecule has 1 fully saturated rings. The van der Waals surface area contributed by atoms with Crippen LogP contribution in [-0.4, -0.2) is 35.0 Å². The molecular formula is C16H15ClN4O3. The minimum absolute atomic E-state index is 0.211. The molecule has 1 aliphatic carbocycles. The van der Waals surface area contributed by atoms with E-state index in [1.54, 1.807) is 12.1 Å². The Morgan fingerprint density at radius 1 is 1.29 bits per heavy atom. The number of methoxy groups -OCH3 is 1. The number of rotatable bonds is 5. The van der Waals surface area contributed by atoms with Crippen LogP contribution >= 0.6 is 11.6 Å². The third-order valence-corrected chi connectivity index (χ3v) is 3.76. The van der Waals surface area contributed by atoms with Crippen molar-refractivity contribution in [1.29, 1.82) is 0 Å². The number of benzene rings is 1. The molecule has 1 aliphatic rings. The quantitative estimate of drug-likeness (QED) is 0.808. The van der Waals surface area contributed by atoms with Crippen LogP contribution in [-0.2, 0) is 4.74 Å². The van der Waals surface area contributed by atoms with Crippen LogP contribution in [0.15, 0.2) is 30.5 Å². The van der Waals surface area contributed by atoms with Gasteiger partial charge in [-0.3, -0.25) is 4.79 Å². The van der Waals surface area contributed by atoms with E-state index in [-0.39, 0.29) is 23.6 Å². The van der Waals surface area contributed by atoms with E-state index in [1.807, 2.05) is 0 Å². The summed E-state index contributed by atoms with van der Waals surface area (Å²) in [6.45, 7) is 0. The Morgan fingerprint density at radius 3 is 2.79 bits per heavy atom. The molecule has 8 heteroatoms. The number of hydrogen-bond acceptors (Lipinski definition) is 6. The highest BCUT2D eigenvalue weighted by Gasteiger charge is 2.24. The van der Waals surface area contributed by atoms with Crippen LogP contribution < -0.4 is 10.6 Å². The molecule has 1 amide bonds. The summed E-state index contributed by atoms with van der Waals surface area (Å²) in [5.74, 6) is -0.507. The van der Waals surface area contributed by atoms with Crippen molar-refractivity contribution in [2.75, 3.05) is 12.4 Å². The van der Waals surface area contributed by atoms with Gasteiger partial charge in [0, 0.05) is 12.2 Å². The van der Waals surface area contributed by atoms with Crippen molar-refractivity contribution in [3.63, 3.8) is 0 Å². The maximum absolute atomic E-state index is 12.0. The summed E-state index contributed by atoms with van der Waals surface area (Å²) in [6, 6.07) is 6.44. The Bertz CT molecular complexity index is 793. The number of carbonyl (C=O) groups excluding carboxylic acids is 2. The van der Waals surface area contributed by atoms with Crippen molar-refractivity contribution in [2.24, 2.45) is 0 Å². The molecule has 124 valence electrons. The number of esters is 1. The molecule has 1 saturated carbocycles. The van der Waals surface area contributed by atoms with Crippen molar-refractivity contribution < 1.29 is 14.3 Å². The first-order chi connectivity index (χ1) is 11.6. The highest BCUT2D eigenvalue weighted by Crippen LogP contribution is 2.26. The normalized spacial score (nSPS) is 13.2. The van der Waals surface area contributed by atoms with Crippen LogP contribution in [0.5, 0.6) is 0 Å². The van der Waals surface area contributed by atoms with Crippen LogP contribution in [0.2, 0.25) is 5.02 Å². The lowest BCUT2D eigenvalue weighted by atomic mass is 10.2. The summed E-state index contributed by atoms with van der Waals surface area (Å²) in [5, 5.41) is 6.16. The van der Waals surface area contributed by atoms with Crippen molar-refractivity contribution in [1.82, 2.24) is 15.3 Å². The average Bonchev–Trinajstić information content (AvgIpc) is 3.40. The molecule has 0 unspecified atom stereocenters. The summed E-state index contributed by atoms with van der Waals surface area (Å²) >= 11 is 6.12. The van der Waals surface area contributed by atoms with E-state index in [0.717, 1.165) is 12.8 Å². The number of anilines is 2. The summed E-state index contributed by atoms with van der Waals surface area (Å²) in [6.07, 6.45) is 3.48. The van der Waals surface area contributed by atoms with Crippen LogP contribution in [0.25, 0.3) is 0 Å². The third kappa shape index (κ3) is 3.80. The minimum Gasteiger partial charge on any atom is -0.465 e. The summed E-state index contributed by atoms with van der Waals surface area (Å²) in [5.41, 5.74) is 1.05. The van der Waals surface area contributed by atoms with Crippen LogP contribution in [0, 0.1) is 0 Å². The van der Waals surface area contributed by atoms with E-state index in [2.05, 4.69) is 25.3 Å². The Hall–Kier alpha value is -2.67. The van der Waals surface area contributed by atoms with Crippen molar-refractivity contribution in [2.45, 2.75) is 18.9 Å². The summed E-state index contributed by atoms with van der Waals surface area (Å²) in [7, 11) is 1.30. The summed E-state index contributed by atoms with van der Waals surface area (Å²) < 4.78 is 4.68. The Balaban J connectivity index is 1.80. The minimum atomic E-state index is -0.479. The first kappa shape index (κ1) is 16.2. The molecule has 0 aliphatic heterocycles. The standard InChI is InChI=1S/C16H15ClN4O3/c1-24-15(23)9-2-5-11(17)13(8-9)21-16-18-7-6-12(20-16)14(22)19-10-3-4-10/h2,5-8,10H,3-4H2,1H3,(H,19,22)(H,18,20,21). The van der Waals surface area contributed by atoms with Gasteiger partial charge in [-0.15, -0.1) is 0 Å². The molecule has 0 atom stereocenters. The molecule has 0 spiro atoms. The second-order valence-electron chi connectivity index (χ2n) is 5.32. The first-order valence-electron chi connectivity index (χ1n) is 7.35. The second kappa shape index (κ2) is 6.84. The van der Waals surface area contributed by atoms with E-state index < -0.39 is 5.97 Å². The predicted octanol–water partition coefficient (Wildman–Crippen LogP) is 2.55. The number of aromatic nitrogens is 2. The molecule has 1 aromatic heterocycles. The predicted molar refractivity (Wildman–Crippen MR) is 88.6 cm³/mol. The fraction of sp³-hybridized carbons (Fsp3) is 0.250. The second-order valence-corrected chi connectivity index (χ2v) is 5.73. The Labute approximate surface area is 143 Å². The van der Waals surface area contributed by atoms with Gasteiger partial charge in [-0.25, -0.2) is 14.8 Å². The molecule has 24 heavy (non-hydrogen) atoms. The lowest BCUT2D eigenvalue weighted by Crippen LogP contribution is -2.26. The Morgan fingerprint density at radius 2 is 2.08 bits per heavy atom. The monoisotopic (exact) mass is 346 g/mol. The van der Waals surface area contributed by atoms with Gasteiger partial charge in [0.15, 0.2) is 0 Å². The number of halogens is 1. The maximum atomic E-state index is 12.0. The zero-order valence-electron chi connectivity index (χ0n) is 12.9. The lowest BCUT2D eigenvalue weighted by Gasteiger charge is -2.09. The van der Waals surface area contributed by atoms with E-state index in [1.165, 1.54) is 25.4 Å². The molecule has 2 aromatic rings. The first-order valence-corrected chi connectivity index (χ1v) is 7.73. The fourth-order valence-corrected chi connectivity index (χ4v) is 2.18. The van der Waals surface area contributed by atoms with Gasteiger partial charge in [0.05, 0.1) is 23.4 Å². The molecular weight excluding hydrogens is 332 g/mol. The van der Waals surface area contributed by atoms with E-state index >= 15 is 0 Å². The topological polar surface area (TPSA) is 93.2 Å². The van der Waals surface area contributed by atoms with Gasteiger partial charge in [-0.2, -0.15) is 0 Å². The fourth-order valence-electron chi connectivity index (χ4n) is 2.02. The van der Waals surface area contributed by atoms with Gasteiger partial charge < -0.3 is 15.4 Å². The van der Waals surface area contributed by atoms with Gasteiger partial charge >= 0.3 is 5.97 Å². The number of amides is 1. The van der Waals surface area contributed by atoms with Crippen molar-refractivity contribution in [3.05, 3.63) is 46.7 Å². The number of hydrogen-bond donors (Lipinski definition) is 2. The van der Waals surface area contributed by atoms with Gasteiger partial charge in [0.2, 0.25) is 5.95 Å². The molecule has 1 heterocycles. The van der Waals surface area contributed by atoms with Crippen molar-refractivity contribution >= 4 is 35.1 Å². The molecule has 7 nitrogen and oxygen atoms in total. The zero-order chi connectivity index (χ0) is 17.1. The number of carbonyl (C=O) groups is 2. The van der Waals surface area contributed by atoms with E-state index in [9.17, 15) is 9.59 Å². The molecule has 0 saturated heterocycles. The van der Waals surface area contributed by atoms with Crippen molar-refractivity contribution in [3.8, 4) is 0 Å². The van der Waals surface area contributed by atoms with Gasteiger partial charge in [-0.05, 0) is 37.1 Å². The Kier molecular flexibility index (Phi) is 4.61. The third-order valence-electron chi connectivity index (χ3n) is 3.43. The molecule has 2 N–H and O–H groups in total. The number of ether oxygens (including phenoxy) is 1. The molecule has 0 radical (unpaired) electrons. The van der Waals surface area contributed by atoms with Crippen LogP contribution in [0.4, 0.5) is 11.6 Å². The number of nitrogens with one attached hydrogen (secondary N) is 2. The number of nitrogens with zero attached hydrogens (tertiary/aromatic N) is 2. The smallest absolute Gasteiger partial charge is 0.337 e. The van der Waals surface area contributed by atoms with Crippen LogP contribution in [0.1, 0.15) is 33.7 Å². The SMILES string of the molecule is COC(=O)c1ccc(Cl)c(Nc2nccc(C(=O)NC3CC3)n2)c1. The highest BCUT2D eigenvalue weighted by atomic mass is 35.5. The maximum Gasteiger partial charge on any atom is 0.337 e. The summed E-state index contributed by atoms with van der Waals surface area (Å²) in [4.78, 5) is 31.9. The van der Waals surface area contributed by atoms with Gasteiger partial charge in [0.1, 0.15) is 5.69 Å². The van der Waals surface area contributed by atoms with Gasteiger partial charge in [0.25, 0.3) is 5.91 Å².